The number of rotatable bonds is 0. The predicted molar refractivity (Wildman–Crippen MR) is 29.2 cm³/mol. The average Bonchev–Trinajstić information content (AvgIpc) is 2.38. The van der Waals surface area contributed by atoms with Gasteiger partial charge in [-0.05, 0) is 0 Å². The summed E-state index contributed by atoms with van der Waals surface area (Å²) in [5, 5.41) is 10.9. The average molecular weight is 118 g/mol. The standard InChI is InChI=1S/C6H12O2/c1-5(2)6(3,4)8(5)7/h1-4H3/i1D,3D. The third-order valence-electron chi connectivity index (χ3n) is 1.90. The largest absolute Gasteiger partial charge is 0.533 e. The number of hydrogen-bond acceptors (Lipinski definition) is 1. The minimum Gasteiger partial charge on any atom is -0.533 e. The Kier molecular flexibility index (Phi) is 0.525. The number of epoxide rings is 1. The topological polar surface area (TPSA) is 25.8 Å². The summed E-state index contributed by atoms with van der Waals surface area (Å²) in [6.45, 7) is 3.51. The zero-order valence-corrected chi connectivity index (χ0v) is 5.23. The fourth-order valence-corrected chi connectivity index (χ4v) is 0.631. The second kappa shape index (κ2) is 1.09. The van der Waals surface area contributed by atoms with E-state index >= 15 is 0 Å². The van der Waals surface area contributed by atoms with Crippen molar-refractivity contribution < 1.29 is 12.5 Å². The van der Waals surface area contributed by atoms with Crippen LogP contribution in [0.2, 0.25) is 0 Å². The lowest BCUT2D eigenvalue weighted by Gasteiger charge is -1.99. The highest BCUT2D eigenvalue weighted by Gasteiger charge is 2.70. The highest BCUT2D eigenvalue weighted by atomic mass is 17.3. The van der Waals surface area contributed by atoms with Crippen molar-refractivity contribution in [3.63, 3.8) is 0 Å². The Hall–Kier alpha value is -0.0800. The van der Waals surface area contributed by atoms with Gasteiger partial charge in [0.2, 0.25) is 11.2 Å². The van der Waals surface area contributed by atoms with Crippen LogP contribution in [0.5, 0.6) is 0 Å². The zero-order chi connectivity index (χ0) is 7.99. The second-order valence-electron chi connectivity index (χ2n) is 2.73. The Morgan fingerprint density at radius 2 is 1.75 bits per heavy atom. The fraction of sp³-hybridized carbons (Fsp3) is 1.00. The van der Waals surface area contributed by atoms with Crippen molar-refractivity contribution in [3.05, 3.63) is 0 Å². The van der Waals surface area contributed by atoms with Gasteiger partial charge in [-0.15, -0.1) is 0 Å². The summed E-state index contributed by atoms with van der Waals surface area (Å²) in [6, 6.07) is 0. The molecule has 0 N–H and O–H groups in total. The van der Waals surface area contributed by atoms with Crippen LogP contribution in [0.4, 0.5) is 0 Å². The molecule has 48 valence electrons. The first-order valence-corrected chi connectivity index (χ1v) is 2.53. The van der Waals surface area contributed by atoms with Crippen molar-refractivity contribution >= 4 is 0 Å². The molecule has 1 heterocycles. The highest BCUT2D eigenvalue weighted by molar-refractivity contribution is 5.05. The molecule has 2 atom stereocenters. The number of hydrogen-bond donors (Lipinski definition) is 0. The Morgan fingerprint density at radius 1 is 1.38 bits per heavy atom. The molecule has 0 spiro atoms. The van der Waals surface area contributed by atoms with E-state index in [-0.39, 0.29) is 13.8 Å². The molecule has 1 fully saturated rings. The first-order chi connectivity index (χ1) is 4.53. The molecule has 2 heteroatoms. The van der Waals surface area contributed by atoms with Crippen LogP contribution in [0.3, 0.4) is 0 Å². The van der Waals surface area contributed by atoms with Gasteiger partial charge in [0.15, 0.2) is 0 Å². The van der Waals surface area contributed by atoms with E-state index in [9.17, 15) is 5.26 Å². The van der Waals surface area contributed by atoms with Crippen LogP contribution in [0.15, 0.2) is 0 Å². The summed E-state index contributed by atoms with van der Waals surface area (Å²) in [5.74, 6) is 0. The second-order valence-corrected chi connectivity index (χ2v) is 2.73. The van der Waals surface area contributed by atoms with Crippen LogP contribution in [-0.2, 0) is 4.52 Å². The van der Waals surface area contributed by atoms with Gasteiger partial charge in [-0.25, -0.2) is 0 Å². The van der Waals surface area contributed by atoms with Crippen molar-refractivity contribution in [1.29, 1.82) is 0 Å². The van der Waals surface area contributed by atoms with E-state index in [1.807, 2.05) is 0 Å². The molecule has 0 aromatic rings. The van der Waals surface area contributed by atoms with E-state index in [0.717, 1.165) is 0 Å². The molecule has 0 saturated carbocycles. The van der Waals surface area contributed by atoms with Crippen LogP contribution < -0.4 is 5.26 Å². The van der Waals surface area contributed by atoms with Crippen molar-refractivity contribution in [1.82, 2.24) is 0 Å². The molecule has 0 bridgehead atoms. The summed E-state index contributed by atoms with van der Waals surface area (Å²) < 4.78 is 15.8. The van der Waals surface area contributed by atoms with Gasteiger partial charge in [-0.2, -0.15) is 0 Å². The van der Waals surface area contributed by atoms with Crippen LogP contribution in [0, 0.1) is 0 Å². The predicted octanol–water partition coefficient (Wildman–Crippen LogP) is 0.385. The maximum atomic E-state index is 10.9. The summed E-state index contributed by atoms with van der Waals surface area (Å²) in [5.41, 5.74) is -1.34. The normalized spacial score (nSPS) is 59.9. The lowest BCUT2D eigenvalue weighted by molar-refractivity contribution is -0.755. The molecule has 1 aliphatic rings. The molecule has 0 aromatic heterocycles. The van der Waals surface area contributed by atoms with Gasteiger partial charge < -0.3 is 9.78 Å². The Bertz CT molecular complexity index is 137. The molecular weight excluding hydrogens is 104 g/mol. The zero-order valence-electron chi connectivity index (χ0n) is 7.23. The molecule has 0 radical (unpaired) electrons. The molecular formula is C6H12O2. The van der Waals surface area contributed by atoms with E-state index in [4.69, 9.17) is 2.74 Å². The monoisotopic (exact) mass is 118 g/mol. The maximum absolute atomic E-state index is 10.9. The lowest BCUT2D eigenvalue weighted by atomic mass is 10.0. The van der Waals surface area contributed by atoms with Gasteiger partial charge in [0.25, 0.3) is 0 Å². The lowest BCUT2D eigenvalue weighted by Crippen LogP contribution is -2.12. The molecule has 1 saturated heterocycles. The minimum atomic E-state index is -0.672. The van der Waals surface area contributed by atoms with Gasteiger partial charge in [-0.3, -0.25) is 0 Å². The molecule has 1 rings (SSSR count). The summed E-state index contributed by atoms with van der Waals surface area (Å²) in [7, 11) is 0. The molecule has 2 nitrogen and oxygen atoms in total. The third kappa shape index (κ3) is 0.400. The van der Waals surface area contributed by atoms with Crippen molar-refractivity contribution in [2.45, 2.75) is 38.8 Å². The SMILES string of the molecule is [2H]CC1(C)[O+]([O-])C1(C)C[2H]. The Balaban J connectivity index is 2.71. The maximum Gasteiger partial charge on any atom is 0.241 e. The molecule has 2 unspecified atom stereocenters. The summed E-state index contributed by atoms with van der Waals surface area (Å²) in [6.07, 6.45) is 0. The quantitative estimate of drug-likeness (QED) is 0.256. The molecule has 1 aliphatic heterocycles. The van der Waals surface area contributed by atoms with E-state index in [0.29, 0.717) is 0 Å². The summed E-state index contributed by atoms with van der Waals surface area (Å²) in [4.78, 5) is 0. The molecule has 0 aliphatic carbocycles. The first-order valence-electron chi connectivity index (χ1n) is 3.95. The van der Waals surface area contributed by atoms with Gasteiger partial charge in [0.1, 0.15) is 0 Å². The van der Waals surface area contributed by atoms with Crippen molar-refractivity contribution in [2.24, 2.45) is 0 Å². The highest BCUT2D eigenvalue weighted by Crippen LogP contribution is 2.51. The van der Waals surface area contributed by atoms with Gasteiger partial charge in [0.05, 0.1) is 0 Å². The van der Waals surface area contributed by atoms with Crippen LogP contribution in [0.25, 0.3) is 0 Å². The molecule has 8 heavy (non-hydrogen) atoms. The first kappa shape index (κ1) is 3.85. The third-order valence-corrected chi connectivity index (χ3v) is 1.90. The van der Waals surface area contributed by atoms with Crippen molar-refractivity contribution in [3.8, 4) is 0 Å². The van der Waals surface area contributed by atoms with E-state index < -0.39 is 11.2 Å². The van der Waals surface area contributed by atoms with Crippen LogP contribution in [0.1, 0.15) is 30.4 Å². The smallest absolute Gasteiger partial charge is 0.241 e. The van der Waals surface area contributed by atoms with Gasteiger partial charge in [0, 0.05) is 30.4 Å². The molecule has 0 aromatic carbocycles. The minimum absolute atomic E-state index is 0.0521. The van der Waals surface area contributed by atoms with E-state index in [1.54, 1.807) is 18.4 Å². The fourth-order valence-electron chi connectivity index (χ4n) is 0.631. The van der Waals surface area contributed by atoms with E-state index in [2.05, 4.69) is 0 Å². The van der Waals surface area contributed by atoms with E-state index in [1.165, 1.54) is 0 Å². The molecule has 0 amide bonds. The Labute approximate surface area is 52.5 Å². The summed E-state index contributed by atoms with van der Waals surface area (Å²) >= 11 is 0. The van der Waals surface area contributed by atoms with Gasteiger partial charge >= 0.3 is 0 Å². The van der Waals surface area contributed by atoms with Crippen LogP contribution >= 0.6 is 0 Å². The van der Waals surface area contributed by atoms with Gasteiger partial charge in [-0.1, -0.05) is 0 Å². The van der Waals surface area contributed by atoms with Crippen LogP contribution in [-0.4, -0.2) is 11.2 Å². The Morgan fingerprint density at radius 3 is 1.88 bits per heavy atom. The van der Waals surface area contributed by atoms with Crippen molar-refractivity contribution in [2.75, 3.05) is 0 Å².